The molecule has 2 aromatic carbocycles. The van der Waals surface area contributed by atoms with Gasteiger partial charge in [0, 0.05) is 18.3 Å². The van der Waals surface area contributed by atoms with Crippen LogP contribution in [0.4, 0.5) is 0 Å². The molecule has 0 spiro atoms. The van der Waals surface area contributed by atoms with Crippen molar-refractivity contribution in [2.75, 3.05) is 7.11 Å². The van der Waals surface area contributed by atoms with Gasteiger partial charge in [0.1, 0.15) is 11.5 Å². The molecule has 0 aliphatic rings. The van der Waals surface area contributed by atoms with Crippen LogP contribution in [0, 0.1) is 0 Å². The van der Waals surface area contributed by atoms with Crippen LogP contribution < -0.4 is 14.9 Å². The minimum Gasteiger partial charge on any atom is -0.872 e. The van der Waals surface area contributed by atoms with E-state index in [2.05, 4.69) is 15.2 Å². The molecule has 3 rings (SSSR count). The predicted molar refractivity (Wildman–Crippen MR) is 98.9 cm³/mol. The Morgan fingerprint density at radius 3 is 2.25 bits per heavy atom. The van der Waals surface area contributed by atoms with Crippen molar-refractivity contribution in [2.24, 2.45) is 10.2 Å². The number of nitrogens with zero attached hydrogens (tertiary/aromatic N) is 3. The second-order valence-corrected chi connectivity index (χ2v) is 5.12. The predicted octanol–water partition coefficient (Wildman–Crippen LogP) is 1.69. The molecule has 0 saturated carbocycles. The third kappa shape index (κ3) is 7.49. The summed E-state index contributed by atoms with van der Waals surface area (Å²) in [5.41, 5.74) is 0.597. The molecule has 1 radical (unpaired) electrons. The second-order valence-electron chi connectivity index (χ2n) is 5.12. The Balaban J connectivity index is 0.000000478. The molecule has 0 aliphatic heterocycles. The Bertz CT molecular complexity index is 874. The van der Waals surface area contributed by atoms with Crippen LogP contribution in [0.15, 0.2) is 83.3 Å². The van der Waals surface area contributed by atoms with Gasteiger partial charge in [0.2, 0.25) is 0 Å². The first-order valence-corrected chi connectivity index (χ1v) is 7.87. The van der Waals surface area contributed by atoms with Gasteiger partial charge in [0.25, 0.3) is 0 Å². The summed E-state index contributed by atoms with van der Waals surface area (Å²) in [7, 11) is 1.47. The van der Waals surface area contributed by atoms with E-state index in [1.807, 2.05) is 18.2 Å². The first kappa shape index (κ1) is 22.7. The van der Waals surface area contributed by atoms with Crippen molar-refractivity contribution in [3.05, 3.63) is 84.2 Å². The van der Waals surface area contributed by atoms with Gasteiger partial charge in [-0.05, 0) is 47.5 Å². The van der Waals surface area contributed by atoms with Gasteiger partial charge < -0.3 is 20.1 Å². The van der Waals surface area contributed by atoms with E-state index in [0.29, 0.717) is 16.9 Å². The number of hydrogen-bond acceptors (Lipinski definition) is 7. The summed E-state index contributed by atoms with van der Waals surface area (Å²) in [6.07, 6.45) is 4.71. The SMILES string of the molecule is COc1ccc(/C=N/N=C(\[O-])c2ccc(O)cc2)c([O-])c1.[Cu+2].c1ccncc1. The molecule has 0 unspecified atom stereocenters. The third-order valence-electron chi connectivity index (χ3n) is 3.25. The maximum atomic E-state index is 11.7. The number of aromatic hydroxyl groups is 1. The Labute approximate surface area is 173 Å². The fraction of sp³-hybridized carbons (Fsp3) is 0.0500. The smallest absolute Gasteiger partial charge is 0.872 e. The number of hydrogen-bond donors (Lipinski definition) is 1. The minimum absolute atomic E-state index is 0. The summed E-state index contributed by atoms with van der Waals surface area (Å²) in [6.45, 7) is 0. The van der Waals surface area contributed by atoms with E-state index in [4.69, 9.17) is 9.84 Å². The van der Waals surface area contributed by atoms with Crippen LogP contribution in [-0.4, -0.2) is 29.3 Å². The molecule has 1 heterocycles. The van der Waals surface area contributed by atoms with Crippen molar-refractivity contribution >= 4 is 12.1 Å². The quantitative estimate of drug-likeness (QED) is 0.295. The van der Waals surface area contributed by atoms with E-state index >= 15 is 0 Å². The molecule has 0 bridgehead atoms. The minimum atomic E-state index is -0.563. The van der Waals surface area contributed by atoms with Crippen LogP contribution in [0.1, 0.15) is 11.1 Å². The third-order valence-corrected chi connectivity index (χ3v) is 3.25. The standard InChI is InChI=1S/C15H14N2O4.C5H5N.Cu/c1-21-13-7-4-11(14(19)8-13)9-16-17-15(20)10-2-5-12(18)6-3-10;1-2-4-6-5-3-1;/h2-9,18-19H,1H3,(H,17,20);1-5H;/q;;+2/p-2/b16-9+;;. The summed E-state index contributed by atoms with van der Waals surface area (Å²) in [4.78, 5) is 3.78. The zero-order valence-corrected chi connectivity index (χ0v) is 15.8. The van der Waals surface area contributed by atoms with Crippen molar-refractivity contribution < 1.29 is 37.1 Å². The number of methoxy groups -OCH3 is 1. The molecule has 0 amide bonds. The Hall–Kier alpha value is -3.35. The zero-order valence-electron chi connectivity index (χ0n) is 14.8. The van der Waals surface area contributed by atoms with Crippen molar-refractivity contribution in [3.8, 4) is 17.2 Å². The van der Waals surface area contributed by atoms with E-state index in [1.165, 1.54) is 49.7 Å². The Morgan fingerprint density at radius 2 is 1.75 bits per heavy atom. The van der Waals surface area contributed by atoms with Crippen molar-refractivity contribution in [1.29, 1.82) is 0 Å². The second kappa shape index (κ2) is 12.1. The molecule has 0 atom stereocenters. The summed E-state index contributed by atoms with van der Waals surface area (Å²) in [5.74, 6) is -0.323. The van der Waals surface area contributed by atoms with Crippen LogP contribution >= 0.6 is 0 Å². The molecular weight excluding hydrogens is 410 g/mol. The number of rotatable bonds is 4. The molecule has 1 aromatic heterocycles. The van der Waals surface area contributed by atoms with Crippen molar-refractivity contribution in [2.45, 2.75) is 0 Å². The molecule has 0 saturated heterocycles. The van der Waals surface area contributed by atoms with Gasteiger partial charge in [0.15, 0.2) is 0 Å². The maximum Gasteiger partial charge on any atom is 2.00 e. The maximum absolute atomic E-state index is 11.7. The topological polar surface area (TPSA) is 113 Å². The van der Waals surface area contributed by atoms with Gasteiger partial charge in [-0.1, -0.05) is 30.0 Å². The number of aromatic nitrogens is 1. The normalized spacial score (nSPS) is 10.5. The van der Waals surface area contributed by atoms with Crippen LogP contribution in [0.5, 0.6) is 17.2 Å². The number of phenols is 1. The number of benzene rings is 2. The fourth-order valence-corrected chi connectivity index (χ4v) is 1.87. The van der Waals surface area contributed by atoms with Crippen molar-refractivity contribution in [3.63, 3.8) is 0 Å². The Kier molecular flexibility index (Phi) is 9.81. The summed E-state index contributed by atoms with van der Waals surface area (Å²) in [6, 6.07) is 15.8. The van der Waals surface area contributed by atoms with Gasteiger partial charge in [-0.2, -0.15) is 10.2 Å². The first-order valence-electron chi connectivity index (χ1n) is 7.87. The van der Waals surface area contributed by atoms with Gasteiger partial charge >= 0.3 is 17.1 Å². The number of phenolic OH excluding ortho intramolecular Hbond substituents is 1. The van der Waals surface area contributed by atoms with Crippen molar-refractivity contribution in [1.82, 2.24) is 4.98 Å². The summed E-state index contributed by atoms with van der Waals surface area (Å²) in [5, 5.41) is 39.5. The van der Waals surface area contributed by atoms with Crippen LogP contribution in [0.25, 0.3) is 0 Å². The molecular formula is C20H17CuN3O4. The fourth-order valence-electron chi connectivity index (χ4n) is 1.87. The molecule has 0 fully saturated rings. The zero-order chi connectivity index (χ0) is 19.5. The van der Waals surface area contributed by atoms with Gasteiger partial charge in [-0.25, -0.2) is 0 Å². The molecule has 3 aromatic rings. The van der Waals surface area contributed by atoms with Gasteiger partial charge in [0.05, 0.1) is 13.3 Å². The average Bonchev–Trinajstić information content (AvgIpc) is 2.71. The van der Waals surface area contributed by atoms with Gasteiger partial charge in [-0.3, -0.25) is 4.98 Å². The molecule has 28 heavy (non-hydrogen) atoms. The number of ether oxygens (including phenoxy) is 1. The number of pyridine rings is 1. The van der Waals surface area contributed by atoms with Gasteiger partial charge in [-0.15, -0.1) is 0 Å². The molecule has 147 valence electrons. The van der Waals surface area contributed by atoms with E-state index in [1.54, 1.807) is 18.5 Å². The summed E-state index contributed by atoms with van der Waals surface area (Å²) >= 11 is 0. The van der Waals surface area contributed by atoms with Crippen LogP contribution in [0.2, 0.25) is 0 Å². The monoisotopic (exact) mass is 426 g/mol. The molecule has 8 heteroatoms. The van der Waals surface area contributed by atoms with E-state index in [-0.39, 0.29) is 28.6 Å². The van der Waals surface area contributed by atoms with E-state index < -0.39 is 5.90 Å². The average molecular weight is 427 g/mol. The Morgan fingerprint density at radius 1 is 1.07 bits per heavy atom. The van der Waals surface area contributed by atoms with Crippen LogP contribution in [0.3, 0.4) is 0 Å². The first-order chi connectivity index (χ1) is 13.1. The molecule has 7 nitrogen and oxygen atoms in total. The largest absolute Gasteiger partial charge is 2.00 e. The molecule has 1 N–H and O–H groups in total. The van der Waals surface area contributed by atoms with E-state index in [0.717, 1.165) is 0 Å². The van der Waals surface area contributed by atoms with E-state index in [9.17, 15) is 10.2 Å². The molecule has 0 aliphatic carbocycles. The summed E-state index contributed by atoms with van der Waals surface area (Å²) < 4.78 is 4.92. The van der Waals surface area contributed by atoms with Crippen LogP contribution in [-0.2, 0) is 17.1 Å².